The zero-order valence-corrected chi connectivity index (χ0v) is 21.5. The fourth-order valence-electron chi connectivity index (χ4n) is 5.36. The van der Waals surface area contributed by atoms with Crippen molar-refractivity contribution in [2.75, 3.05) is 44.7 Å². The highest BCUT2D eigenvalue weighted by Crippen LogP contribution is 2.32. The number of quaternary nitrogens is 1. The molecule has 1 N–H and O–H groups in total. The van der Waals surface area contributed by atoms with Gasteiger partial charge < -0.3 is 19.1 Å². The summed E-state index contributed by atoms with van der Waals surface area (Å²) in [6.45, 7) is 5.51. The van der Waals surface area contributed by atoms with Crippen LogP contribution in [0, 0.1) is 6.92 Å². The lowest BCUT2D eigenvalue weighted by atomic mass is 10.1. The van der Waals surface area contributed by atoms with Crippen molar-refractivity contribution in [2.45, 2.75) is 19.6 Å². The highest BCUT2D eigenvalue weighted by molar-refractivity contribution is 6.10. The highest BCUT2D eigenvalue weighted by atomic mass is 19.4. The Bertz CT molecular complexity index is 1440. The van der Waals surface area contributed by atoms with Crippen LogP contribution in [0.25, 0.3) is 10.9 Å². The number of alkyl halides is 3. The average molecular weight is 523 g/mol. The molecule has 0 bridgehead atoms. The summed E-state index contributed by atoms with van der Waals surface area (Å²) >= 11 is 0. The van der Waals surface area contributed by atoms with Gasteiger partial charge in [-0.2, -0.15) is 13.2 Å². The largest absolute Gasteiger partial charge is 0.497 e. The minimum Gasteiger partial charge on any atom is -0.497 e. The van der Waals surface area contributed by atoms with E-state index < -0.39 is 11.7 Å². The van der Waals surface area contributed by atoms with Gasteiger partial charge in [-0.15, -0.1) is 0 Å². The van der Waals surface area contributed by atoms with Crippen LogP contribution in [-0.2, 0) is 12.7 Å². The van der Waals surface area contributed by atoms with Gasteiger partial charge in [0.25, 0.3) is 0 Å². The second-order valence-corrected chi connectivity index (χ2v) is 9.80. The van der Waals surface area contributed by atoms with E-state index in [4.69, 9.17) is 4.74 Å². The first-order chi connectivity index (χ1) is 18.2. The Morgan fingerprint density at radius 2 is 1.71 bits per heavy atom. The van der Waals surface area contributed by atoms with Gasteiger partial charge in [0, 0.05) is 28.8 Å². The van der Waals surface area contributed by atoms with Gasteiger partial charge >= 0.3 is 6.18 Å². The van der Waals surface area contributed by atoms with E-state index >= 15 is 0 Å². The Kier molecular flexibility index (Phi) is 7.17. The average Bonchev–Trinajstić information content (AvgIpc) is 3.19. The number of ether oxygens (including phenoxy) is 1. The number of benzene rings is 3. The normalized spacial score (nSPS) is 14.7. The Balaban J connectivity index is 1.34. The number of carbonyl (C=O) groups excluding carboxylic acids is 1. The van der Waals surface area contributed by atoms with Gasteiger partial charge in [0.05, 0.1) is 44.4 Å². The molecule has 1 fully saturated rings. The molecule has 38 heavy (non-hydrogen) atoms. The molecule has 5 nitrogen and oxygen atoms in total. The van der Waals surface area contributed by atoms with Crippen LogP contribution in [0.4, 0.5) is 18.9 Å². The molecule has 0 atom stereocenters. The standard InChI is InChI=1S/C30H30F3N3O2/c1-21-29(26-18-25(38-2)11-12-27(26)36(21)19-22-7-4-3-5-8-22)28(37)20-34-13-15-35(16-14-34)24-10-6-9-23(17-24)30(31,32)33/h3-12,17-18H,13-16,19-20H2,1-2H3/p+1. The maximum atomic E-state index is 13.7. The van der Waals surface area contributed by atoms with Crippen LogP contribution >= 0.6 is 0 Å². The van der Waals surface area contributed by atoms with Crippen molar-refractivity contribution in [3.05, 3.63) is 95.2 Å². The predicted octanol–water partition coefficient (Wildman–Crippen LogP) is 4.61. The number of piperazine rings is 1. The van der Waals surface area contributed by atoms with Crippen molar-refractivity contribution in [2.24, 2.45) is 0 Å². The molecular weight excluding hydrogens is 491 g/mol. The van der Waals surface area contributed by atoms with Crippen molar-refractivity contribution >= 4 is 22.4 Å². The minimum absolute atomic E-state index is 0.0649. The zero-order chi connectivity index (χ0) is 26.9. The Labute approximate surface area is 220 Å². The number of carbonyl (C=O) groups is 1. The number of hydrogen-bond acceptors (Lipinski definition) is 3. The highest BCUT2D eigenvalue weighted by Gasteiger charge is 2.32. The summed E-state index contributed by atoms with van der Waals surface area (Å²) in [6, 6.07) is 21.4. The number of halogens is 3. The van der Waals surface area contributed by atoms with E-state index in [2.05, 4.69) is 16.7 Å². The van der Waals surface area contributed by atoms with Crippen LogP contribution in [0.15, 0.2) is 72.8 Å². The van der Waals surface area contributed by atoms with E-state index in [1.165, 1.54) is 12.1 Å². The van der Waals surface area contributed by atoms with Crippen LogP contribution in [-0.4, -0.2) is 50.2 Å². The molecule has 0 aliphatic carbocycles. The molecule has 1 aliphatic rings. The molecule has 2 heterocycles. The van der Waals surface area contributed by atoms with Crippen molar-refractivity contribution in [3.63, 3.8) is 0 Å². The molecule has 1 saturated heterocycles. The predicted molar refractivity (Wildman–Crippen MR) is 142 cm³/mol. The summed E-state index contributed by atoms with van der Waals surface area (Å²) in [4.78, 5) is 16.8. The summed E-state index contributed by atoms with van der Waals surface area (Å²) in [5.74, 6) is 0.764. The van der Waals surface area contributed by atoms with Gasteiger partial charge in [0.1, 0.15) is 12.3 Å². The van der Waals surface area contributed by atoms with E-state index in [9.17, 15) is 18.0 Å². The van der Waals surface area contributed by atoms with Crippen LogP contribution in [0.2, 0.25) is 0 Å². The minimum atomic E-state index is -4.37. The molecule has 8 heteroatoms. The summed E-state index contributed by atoms with van der Waals surface area (Å²) in [7, 11) is 1.62. The van der Waals surface area contributed by atoms with E-state index in [1.54, 1.807) is 13.2 Å². The van der Waals surface area contributed by atoms with Crippen molar-refractivity contribution in [1.82, 2.24) is 4.57 Å². The summed E-state index contributed by atoms with van der Waals surface area (Å²) in [5, 5.41) is 0.879. The molecule has 5 rings (SSSR count). The second kappa shape index (κ2) is 10.5. The third-order valence-corrected chi connectivity index (χ3v) is 7.41. The summed E-state index contributed by atoms with van der Waals surface area (Å²) in [6.07, 6.45) is -4.37. The van der Waals surface area contributed by atoms with Gasteiger partial charge in [-0.25, -0.2) is 0 Å². The van der Waals surface area contributed by atoms with Crippen molar-refractivity contribution in [1.29, 1.82) is 0 Å². The Morgan fingerprint density at radius 3 is 2.39 bits per heavy atom. The fourth-order valence-corrected chi connectivity index (χ4v) is 5.36. The molecule has 1 aromatic heterocycles. The topological polar surface area (TPSA) is 38.9 Å². The fraction of sp³-hybridized carbons (Fsp3) is 0.300. The van der Waals surface area contributed by atoms with Crippen LogP contribution in [0.1, 0.15) is 27.2 Å². The summed E-state index contributed by atoms with van der Waals surface area (Å²) < 4.78 is 47.1. The number of anilines is 1. The van der Waals surface area contributed by atoms with E-state index in [1.807, 2.05) is 48.2 Å². The molecule has 4 aromatic rings. The number of Topliss-reactive ketones (excluding diaryl/α,β-unsaturated/α-hetero) is 1. The lowest BCUT2D eigenvalue weighted by Gasteiger charge is -2.33. The van der Waals surface area contributed by atoms with Crippen LogP contribution in [0.5, 0.6) is 5.75 Å². The van der Waals surface area contributed by atoms with E-state index in [0.29, 0.717) is 56.3 Å². The van der Waals surface area contributed by atoms with E-state index in [-0.39, 0.29) is 5.78 Å². The molecule has 0 spiro atoms. The number of nitrogens with one attached hydrogen (secondary N) is 1. The first-order valence-corrected chi connectivity index (χ1v) is 12.7. The Morgan fingerprint density at radius 1 is 0.974 bits per heavy atom. The van der Waals surface area contributed by atoms with Gasteiger partial charge in [-0.05, 0) is 48.9 Å². The number of fused-ring (bicyclic) bond motifs is 1. The maximum absolute atomic E-state index is 13.7. The molecule has 0 radical (unpaired) electrons. The molecule has 198 valence electrons. The number of nitrogens with zero attached hydrogens (tertiary/aromatic N) is 2. The smallest absolute Gasteiger partial charge is 0.416 e. The first kappa shape index (κ1) is 25.9. The van der Waals surface area contributed by atoms with Crippen molar-refractivity contribution < 1.29 is 27.6 Å². The Hall–Kier alpha value is -3.78. The number of ketones is 1. The number of aromatic nitrogens is 1. The van der Waals surface area contributed by atoms with Crippen LogP contribution in [0.3, 0.4) is 0 Å². The van der Waals surface area contributed by atoms with Crippen molar-refractivity contribution in [3.8, 4) is 5.75 Å². The lowest BCUT2D eigenvalue weighted by molar-refractivity contribution is -0.892. The van der Waals surface area contributed by atoms with Crippen LogP contribution < -0.4 is 14.5 Å². The zero-order valence-electron chi connectivity index (χ0n) is 21.5. The first-order valence-electron chi connectivity index (χ1n) is 12.7. The molecule has 1 aliphatic heterocycles. The molecule has 0 unspecified atom stereocenters. The van der Waals surface area contributed by atoms with Gasteiger partial charge in [0.2, 0.25) is 5.78 Å². The van der Waals surface area contributed by atoms with E-state index in [0.717, 1.165) is 33.1 Å². The maximum Gasteiger partial charge on any atom is 0.416 e. The molecule has 3 aromatic carbocycles. The number of hydrogen-bond donors (Lipinski definition) is 1. The SMILES string of the molecule is COc1ccc2c(c1)c(C(=O)C[NH+]1CCN(c3cccc(C(F)(F)F)c3)CC1)c(C)n2Cc1ccccc1. The quantitative estimate of drug-likeness (QED) is 0.361. The lowest BCUT2D eigenvalue weighted by Crippen LogP contribution is -3.15. The molecule has 0 amide bonds. The summed E-state index contributed by atoms with van der Waals surface area (Å²) in [5.41, 5.74) is 3.69. The van der Waals surface area contributed by atoms with Gasteiger partial charge in [-0.1, -0.05) is 36.4 Å². The van der Waals surface area contributed by atoms with Gasteiger partial charge in [-0.3, -0.25) is 4.79 Å². The number of rotatable bonds is 7. The molecule has 0 saturated carbocycles. The van der Waals surface area contributed by atoms with Gasteiger partial charge in [0.15, 0.2) is 0 Å². The second-order valence-electron chi connectivity index (χ2n) is 9.80. The number of methoxy groups -OCH3 is 1. The molecular formula is C30H31F3N3O2+. The third-order valence-electron chi connectivity index (χ3n) is 7.41. The monoisotopic (exact) mass is 522 g/mol. The third kappa shape index (κ3) is 5.27.